The Morgan fingerprint density at radius 3 is 2.68 bits per heavy atom. The molecule has 0 saturated carbocycles. The molecule has 0 bridgehead atoms. The van der Waals surface area contributed by atoms with Crippen LogP contribution in [0.2, 0.25) is 0 Å². The number of ether oxygens (including phenoxy) is 1. The van der Waals surface area contributed by atoms with Crippen molar-refractivity contribution >= 4 is 39.3 Å². The summed E-state index contributed by atoms with van der Waals surface area (Å²) in [7, 11) is 3.86. The molecule has 1 aliphatic rings. The average molecular weight is 454 g/mol. The molecule has 0 spiro atoms. The molecule has 0 aliphatic carbocycles. The van der Waals surface area contributed by atoms with Crippen LogP contribution < -0.4 is 15.0 Å². The number of anilines is 3. The average Bonchev–Trinajstić information content (AvgIpc) is 3.51. The molecule has 4 heterocycles. The summed E-state index contributed by atoms with van der Waals surface area (Å²) in [5.41, 5.74) is 3.87. The first-order valence-corrected chi connectivity index (χ1v) is 11.5. The lowest BCUT2D eigenvalue weighted by Gasteiger charge is -2.34. The lowest BCUT2D eigenvalue weighted by molar-refractivity contribution is 0.312. The van der Waals surface area contributed by atoms with Gasteiger partial charge in [-0.2, -0.15) is 9.97 Å². The summed E-state index contributed by atoms with van der Waals surface area (Å²) in [4.78, 5) is 17.6. The molecule has 0 atom stereocenters. The monoisotopic (exact) mass is 453 g/mol. The Labute approximate surface area is 197 Å². The number of fused-ring (bicyclic) bond motifs is 2. The number of rotatable bonds is 5. The van der Waals surface area contributed by atoms with Gasteiger partial charge in [-0.3, -0.25) is 0 Å². The molecular weight excluding hydrogens is 426 g/mol. The molecule has 1 saturated heterocycles. The first-order chi connectivity index (χ1) is 16.7. The van der Waals surface area contributed by atoms with Crippen molar-refractivity contribution in [1.82, 2.24) is 24.4 Å². The number of piperazine rings is 1. The summed E-state index contributed by atoms with van der Waals surface area (Å²) in [6.45, 7) is 4.13. The second-order valence-corrected chi connectivity index (χ2v) is 8.66. The van der Waals surface area contributed by atoms with Gasteiger partial charge in [0.1, 0.15) is 11.4 Å². The molecule has 8 nitrogen and oxygen atoms in total. The molecule has 0 radical (unpaired) electrons. The van der Waals surface area contributed by atoms with E-state index in [1.807, 2.05) is 30.5 Å². The van der Waals surface area contributed by atoms with Crippen LogP contribution in [0.15, 0.2) is 67.0 Å². The fourth-order valence-corrected chi connectivity index (χ4v) is 4.60. The van der Waals surface area contributed by atoms with E-state index >= 15 is 0 Å². The van der Waals surface area contributed by atoms with Crippen molar-refractivity contribution < 1.29 is 4.74 Å². The first kappa shape index (κ1) is 20.6. The molecule has 1 fully saturated rings. The van der Waals surface area contributed by atoms with Crippen LogP contribution in [0.3, 0.4) is 0 Å². The van der Waals surface area contributed by atoms with Crippen LogP contribution in [-0.2, 0) is 0 Å². The van der Waals surface area contributed by atoms with E-state index in [4.69, 9.17) is 14.7 Å². The van der Waals surface area contributed by atoms with Gasteiger partial charge in [-0.05, 0) is 42.8 Å². The predicted octanol–water partition coefficient (Wildman–Crippen LogP) is 4.41. The van der Waals surface area contributed by atoms with E-state index in [1.165, 1.54) is 5.39 Å². The van der Waals surface area contributed by atoms with Gasteiger partial charge in [0.05, 0.1) is 23.7 Å². The second kappa shape index (κ2) is 8.39. The van der Waals surface area contributed by atoms with E-state index in [-0.39, 0.29) is 0 Å². The van der Waals surface area contributed by atoms with Crippen LogP contribution in [-0.4, -0.2) is 64.8 Å². The third kappa shape index (κ3) is 3.62. The number of para-hydroxylation sites is 1. The number of aromatic amines is 1. The van der Waals surface area contributed by atoms with Gasteiger partial charge in [-0.15, -0.1) is 0 Å². The van der Waals surface area contributed by atoms with E-state index in [0.717, 1.165) is 65.7 Å². The summed E-state index contributed by atoms with van der Waals surface area (Å²) in [6, 6.07) is 18.7. The summed E-state index contributed by atoms with van der Waals surface area (Å²) in [5.74, 6) is 2.09. The lowest BCUT2D eigenvalue weighted by atomic mass is 10.2. The third-order valence-corrected chi connectivity index (χ3v) is 6.52. The lowest BCUT2D eigenvalue weighted by Crippen LogP contribution is -2.44. The highest BCUT2D eigenvalue weighted by Gasteiger charge is 2.17. The Balaban J connectivity index is 1.36. The van der Waals surface area contributed by atoms with Crippen LogP contribution >= 0.6 is 0 Å². The number of nitrogens with one attached hydrogen (secondary N) is 2. The van der Waals surface area contributed by atoms with Crippen LogP contribution in [0.1, 0.15) is 0 Å². The SMILES string of the molecule is COc1cc(N2CCN(C)CC2)ccc1Nc1nc(-n2ccc3ccccc32)c2cc[nH]c2n1. The van der Waals surface area contributed by atoms with Crippen LogP contribution in [0, 0.1) is 0 Å². The predicted molar refractivity (Wildman–Crippen MR) is 137 cm³/mol. The number of hydrogen-bond acceptors (Lipinski definition) is 6. The maximum Gasteiger partial charge on any atom is 0.231 e. The highest BCUT2D eigenvalue weighted by atomic mass is 16.5. The maximum absolute atomic E-state index is 5.73. The van der Waals surface area contributed by atoms with Gasteiger partial charge in [-0.25, -0.2) is 0 Å². The fraction of sp³-hybridized carbons (Fsp3) is 0.231. The number of nitrogens with zero attached hydrogens (tertiary/aromatic N) is 5. The minimum atomic E-state index is 0.508. The van der Waals surface area contributed by atoms with Crippen molar-refractivity contribution in [3.63, 3.8) is 0 Å². The normalized spacial score (nSPS) is 14.7. The Hall–Kier alpha value is -4.04. The van der Waals surface area contributed by atoms with Crippen LogP contribution in [0.4, 0.5) is 17.3 Å². The zero-order valence-electron chi connectivity index (χ0n) is 19.3. The summed E-state index contributed by atoms with van der Waals surface area (Å²) in [5, 5.41) is 5.52. The van der Waals surface area contributed by atoms with Gasteiger partial charge in [0.25, 0.3) is 0 Å². The number of benzene rings is 2. The zero-order valence-corrected chi connectivity index (χ0v) is 19.3. The Morgan fingerprint density at radius 2 is 1.82 bits per heavy atom. The third-order valence-electron chi connectivity index (χ3n) is 6.52. The van der Waals surface area contributed by atoms with Crippen molar-refractivity contribution in [1.29, 1.82) is 0 Å². The van der Waals surface area contributed by atoms with Gasteiger partial charge in [0.15, 0.2) is 5.82 Å². The summed E-state index contributed by atoms with van der Waals surface area (Å²) in [6.07, 6.45) is 3.94. The molecule has 34 heavy (non-hydrogen) atoms. The minimum absolute atomic E-state index is 0.508. The number of H-pyrrole nitrogens is 1. The van der Waals surface area contributed by atoms with Gasteiger partial charge in [-0.1, -0.05) is 18.2 Å². The van der Waals surface area contributed by atoms with E-state index in [0.29, 0.717) is 5.95 Å². The van der Waals surface area contributed by atoms with Crippen LogP contribution in [0.25, 0.3) is 27.8 Å². The van der Waals surface area contributed by atoms with E-state index in [2.05, 4.69) is 68.2 Å². The number of aromatic nitrogens is 4. The number of hydrogen-bond donors (Lipinski definition) is 2. The Kier molecular flexibility index (Phi) is 5.07. The molecular formula is C26H27N7O. The maximum atomic E-state index is 5.73. The summed E-state index contributed by atoms with van der Waals surface area (Å²) >= 11 is 0. The van der Waals surface area contributed by atoms with E-state index < -0.39 is 0 Å². The van der Waals surface area contributed by atoms with Gasteiger partial charge < -0.3 is 29.4 Å². The van der Waals surface area contributed by atoms with Gasteiger partial charge in [0, 0.05) is 50.3 Å². The second-order valence-electron chi connectivity index (χ2n) is 8.66. The molecule has 5 aromatic rings. The highest BCUT2D eigenvalue weighted by molar-refractivity contribution is 5.89. The van der Waals surface area contributed by atoms with Crippen molar-refractivity contribution in [3.8, 4) is 11.6 Å². The highest BCUT2D eigenvalue weighted by Crippen LogP contribution is 2.33. The van der Waals surface area contributed by atoms with Gasteiger partial charge in [0.2, 0.25) is 5.95 Å². The topological polar surface area (TPSA) is 74.2 Å². The molecule has 2 N–H and O–H groups in total. The fourth-order valence-electron chi connectivity index (χ4n) is 4.60. The molecule has 1 aliphatic heterocycles. The molecule has 8 heteroatoms. The quantitative estimate of drug-likeness (QED) is 0.411. The molecule has 0 unspecified atom stereocenters. The molecule has 3 aromatic heterocycles. The van der Waals surface area contributed by atoms with Crippen molar-refractivity contribution in [2.24, 2.45) is 0 Å². The van der Waals surface area contributed by atoms with Crippen LogP contribution in [0.5, 0.6) is 5.75 Å². The van der Waals surface area contributed by atoms with E-state index in [9.17, 15) is 0 Å². The smallest absolute Gasteiger partial charge is 0.231 e. The number of likely N-dealkylation sites (N-methyl/N-ethyl adjacent to an activating group) is 1. The standard InChI is InChI=1S/C26H27N7O/c1-31-13-15-32(16-14-31)19-7-8-21(23(17-19)34-2)28-26-29-24-20(9-11-27-24)25(30-26)33-12-10-18-5-3-4-6-22(18)33/h3-12,17H,13-16H2,1-2H3,(H2,27,28,29,30). The number of methoxy groups -OCH3 is 1. The molecule has 0 amide bonds. The first-order valence-electron chi connectivity index (χ1n) is 11.5. The molecule has 6 rings (SSSR count). The van der Waals surface area contributed by atoms with Crippen molar-refractivity contribution in [2.75, 3.05) is 50.6 Å². The Bertz CT molecular complexity index is 1460. The van der Waals surface area contributed by atoms with Gasteiger partial charge >= 0.3 is 0 Å². The zero-order chi connectivity index (χ0) is 23.1. The molecule has 172 valence electrons. The van der Waals surface area contributed by atoms with Crippen molar-refractivity contribution in [2.45, 2.75) is 0 Å². The summed E-state index contributed by atoms with van der Waals surface area (Å²) < 4.78 is 7.84. The largest absolute Gasteiger partial charge is 0.494 e. The minimum Gasteiger partial charge on any atom is -0.494 e. The van der Waals surface area contributed by atoms with E-state index in [1.54, 1.807) is 7.11 Å². The van der Waals surface area contributed by atoms with Crippen molar-refractivity contribution in [3.05, 3.63) is 67.0 Å². The molecule has 2 aromatic carbocycles. The Morgan fingerprint density at radius 1 is 0.971 bits per heavy atom.